The number of ether oxygens (including phenoxy) is 1. The van der Waals surface area contributed by atoms with Crippen molar-refractivity contribution in [3.05, 3.63) is 64.4 Å². The number of urea groups is 1. The van der Waals surface area contributed by atoms with E-state index >= 15 is 0 Å². The van der Waals surface area contributed by atoms with Crippen LogP contribution in [0, 0.1) is 6.92 Å². The van der Waals surface area contributed by atoms with Crippen LogP contribution in [-0.2, 0) is 16.9 Å². The molecule has 0 spiro atoms. The fraction of sp³-hybridized carbons (Fsp3) is 0.217. The van der Waals surface area contributed by atoms with Crippen LogP contribution in [0.25, 0.3) is 11.0 Å². The lowest BCUT2D eigenvalue weighted by molar-refractivity contribution is -0.125. The predicted molar refractivity (Wildman–Crippen MR) is 116 cm³/mol. The molecule has 2 aliphatic heterocycles. The maximum atomic E-state index is 13.1. The Hall–Kier alpha value is -4.34. The number of furan rings is 1. The topological polar surface area (TPSA) is 144 Å². The lowest BCUT2D eigenvalue weighted by atomic mass is 9.95. The number of imide groups is 1. The van der Waals surface area contributed by atoms with Gasteiger partial charge in [0, 0.05) is 23.1 Å². The third kappa shape index (κ3) is 3.10. The average Bonchev–Trinajstić information content (AvgIpc) is 3.41. The minimum atomic E-state index is -1.64. The van der Waals surface area contributed by atoms with Gasteiger partial charge in [0.2, 0.25) is 5.91 Å². The maximum absolute atomic E-state index is 13.1. The summed E-state index contributed by atoms with van der Waals surface area (Å²) in [5.74, 6) is -0.832. The van der Waals surface area contributed by atoms with Crippen LogP contribution in [0.2, 0.25) is 0 Å². The van der Waals surface area contributed by atoms with Crippen molar-refractivity contribution < 1.29 is 28.3 Å². The molecule has 0 aliphatic carbocycles. The second-order valence-corrected chi connectivity index (χ2v) is 8.18. The van der Waals surface area contributed by atoms with Gasteiger partial charge in [0.1, 0.15) is 17.1 Å². The summed E-state index contributed by atoms with van der Waals surface area (Å²) in [6.07, 6.45) is 0. The van der Waals surface area contributed by atoms with Gasteiger partial charge in [-0.2, -0.15) is 0 Å². The number of aryl methyl sites for hydroxylation is 1. The van der Waals surface area contributed by atoms with Gasteiger partial charge in [0.05, 0.1) is 13.7 Å². The largest absolute Gasteiger partial charge is 0.497 e. The van der Waals surface area contributed by atoms with Gasteiger partial charge in [-0.05, 0) is 48.4 Å². The van der Waals surface area contributed by atoms with Crippen LogP contribution in [0.4, 0.5) is 4.79 Å². The Labute approximate surface area is 187 Å². The third-order valence-corrected chi connectivity index (χ3v) is 6.11. The van der Waals surface area contributed by atoms with Gasteiger partial charge in [-0.25, -0.2) is 4.79 Å². The zero-order valence-corrected chi connectivity index (χ0v) is 17.9. The van der Waals surface area contributed by atoms with E-state index in [4.69, 9.17) is 14.9 Å². The standard InChI is InChI=1S/C23H20N4O6/c1-11-5-17-13(6-15(11)19(24)28)7-18(33-17)23(21(30)25-22(31)26-23)10-27-9-12-3-4-14(32-2)8-16(12)20(27)29/h3-8H,9-10H2,1-2H3,(H2,24,28)(H2,25,26,30,31)/t23-/m0/s1. The minimum absolute atomic E-state index is 0.142. The van der Waals surface area contributed by atoms with E-state index in [2.05, 4.69) is 10.6 Å². The Bertz CT molecular complexity index is 1380. The van der Waals surface area contributed by atoms with Gasteiger partial charge < -0.3 is 25.1 Å². The molecule has 4 N–H and O–H groups in total. The van der Waals surface area contributed by atoms with Crippen LogP contribution in [0.15, 0.2) is 40.8 Å². The van der Waals surface area contributed by atoms with Gasteiger partial charge in [-0.1, -0.05) is 6.07 Å². The van der Waals surface area contributed by atoms with Crippen LogP contribution in [0.3, 0.4) is 0 Å². The molecule has 2 aliphatic rings. The number of nitrogens with zero attached hydrogens (tertiary/aromatic N) is 1. The molecule has 168 valence electrons. The normalized spacial score (nSPS) is 19.6. The smallest absolute Gasteiger partial charge is 0.322 e. The van der Waals surface area contributed by atoms with E-state index < -0.39 is 23.4 Å². The molecule has 3 aromatic rings. The summed E-state index contributed by atoms with van der Waals surface area (Å²) in [6, 6.07) is 9.29. The van der Waals surface area contributed by atoms with Gasteiger partial charge in [-0.3, -0.25) is 19.7 Å². The van der Waals surface area contributed by atoms with Crippen LogP contribution < -0.4 is 21.1 Å². The summed E-state index contributed by atoms with van der Waals surface area (Å²) in [4.78, 5) is 51.4. The van der Waals surface area contributed by atoms with Crippen molar-refractivity contribution in [3.63, 3.8) is 0 Å². The fourth-order valence-corrected chi connectivity index (χ4v) is 4.40. The summed E-state index contributed by atoms with van der Waals surface area (Å²) in [7, 11) is 1.51. The molecule has 1 atom stereocenters. The van der Waals surface area contributed by atoms with Gasteiger partial charge in [0.15, 0.2) is 5.54 Å². The number of nitrogens with two attached hydrogens (primary N) is 1. The first-order chi connectivity index (χ1) is 15.7. The van der Waals surface area contributed by atoms with E-state index in [0.717, 1.165) is 5.56 Å². The van der Waals surface area contributed by atoms with Crippen molar-refractivity contribution in [1.29, 1.82) is 0 Å². The van der Waals surface area contributed by atoms with Crippen molar-refractivity contribution in [3.8, 4) is 5.75 Å². The highest BCUT2D eigenvalue weighted by molar-refractivity contribution is 6.08. The molecule has 3 heterocycles. The molecule has 1 fully saturated rings. The Kier molecular flexibility index (Phi) is 4.42. The molecule has 0 radical (unpaired) electrons. The first-order valence-corrected chi connectivity index (χ1v) is 10.2. The van der Waals surface area contributed by atoms with Crippen molar-refractivity contribution in [2.24, 2.45) is 5.73 Å². The second-order valence-electron chi connectivity index (χ2n) is 8.18. The molecule has 33 heavy (non-hydrogen) atoms. The average molecular weight is 448 g/mol. The maximum Gasteiger partial charge on any atom is 0.322 e. The zero-order valence-electron chi connectivity index (χ0n) is 17.9. The molecule has 5 rings (SSSR count). The van der Waals surface area contributed by atoms with E-state index in [0.29, 0.717) is 33.4 Å². The molecule has 0 unspecified atom stereocenters. The van der Waals surface area contributed by atoms with E-state index in [1.54, 1.807) is 43.3 Å². The fourth-order valence-electron chi connectivity index (χ4n) is 4.40. The molecular formula is C23H20N4O6. The van der Waals surface area contributed by atoms with Crippen molar-refractivity contribution in [2.45, 2.75) is 19.0 Å². The Morgan fingerprint density at radius 2 is 2.00 bits per heavy atom. The summed E-state index contributed by atoms with van der Waals surface area (Å²) in [5.41, 5.74) is 6.42. The summed E-state index contributed by atoms with van der Waals surface area (Å²) < 4.78 is 11.2. The van der Waals surface area contributed by atoms with Crippen LogP contribution in [0.1, 0.15) is 37.6 Å². The molecule has 10 nitrogen and oxygen atoms in total. The second kappa shape index (κ2) is 7.09. The number of carbonyl (C=O) groups is 4. The van der Waals surface area contributed by atoms with E-state index in [1.165, 1.54) is 12.0 Å². The first kappa shape index (κ1) is 20.6. The number of benzene rings is 2. The molecule has 2 aromatic carbocycles. The summed E-state index contributed by atoms with van der Waals surface area (Å²) in [5, 5.41) is 5.42. The molecule has 10 heteroatoms. The van der Waals surface area contributed by atoms with Gasteiger partial charge in [-0.15, -0.1) is 0 Å². The summed E-state index contributed by atoms with van der Waals surface area (Å²) >= 11 is 0. The number of primary amides is 1. The number of nitrogens with one attached hydrogen (secondary N) is 2. The number of hydrogen-bond acceptors (Lipinski definition) is 6. The predicted octanol–water partition coefficient (Wildman–Crippen LogP) is 1.54. The highest BCUT2D eigenvalue weighted by Gasteiger charge is 2.53. The SMILES string of the molecule is COc1ccc2c(c1)C(=O)N(C[C@@]1(c3cc4cc(C(N)=O)c(C)cc4o3)NC(=O)NC1=O)C2. The Morgan fingerprint density at radius 1 is 1.21 bits per heavy atom. The molecule has 5 amide bonds. The van der Waals surface area contributed by atoms with Gasteiger partial charge in [0.25, 0.3) is 11.8 Å². The van der Waals surface area contributed by atoms with Crippen molar-refractivity contribution in [1.82, 2.24) is 15.5 Å². The zero-order chi connectivity index (χ0) is 23.5. The van der Waals surface area contributed by atoms with Crippen LogP contribution >= 0.6 is 0 Å². The lowest BCUT2D eigenvalue weighted by Gasteiger charge is -2.29. The van der Waals surface area contributed by atoms with E-state index in [9.17, 15) is 19.2 Å². The highest BCUT2D eigenvalue weighted by atomic mass is 16.5. The number of fused-ring (bicyclic) bond motifs is 2. The summed E-state index contributed by atoms with van der Waals surface area (Å²) in [6.45, 7) is 1.83. The number of methoxy groups -OCH3 is 1. The van der Waals surface area contributed by atoms with Gasteiger partial charge >= 0.3 is 6.03 Å². The molecular weight excluding hydrogens is 428 g/mol. The Morgan fingerprint density at radius 3 is 2.67 bits per heavy atom. The monoisotopic (exact) mass is 448 g/mol. The molecule has 1 saturated heterocycles. The molecule has 0 saturated carbocycles. The lowest BCUT2D eigenvalue weighted by Crippen LogP contribution is -2.52. The highest BCUT2D eigenvalue weighted by Crippen LogP contribution is 2.35. The number of carbonyl (C=O) groups excluding carboxylic acids is 4. The van der Waals surface area contributed by atoms with Crippen LogP contribution in [0.5, 0.6) is 5.75 Å². The molecule has 0 bridgehead atoms. The minimum Gasteiger partial charge on any atom is -0.497 e. The number of rotatable bonds is 5. The van der Waals surface area contributed by atoms with Crippen molar-refractivity contribution >= 4 is 34.7 Å². The Balaban J connectivity index is 1.56. The van der Waals surface area contributed by atoms with E-state index in [1.807, 2.05) is 0 Å². The van der Waals surface area contributed by atoms with E-state index in [-0.39, 0.29) is 24.8 Å². The number of amides is 5. The number of hydrogen-bond donors (Lipinski definition) is 3. The van der Waals surface area contributed by atoms with Crippen molar-refractivity contribution in [2.75, 3.05) is 13.7 Å². The van der Waals surface area contributed by atoms with Crippen LogP contribution in [-0.4, -0.2) is 42.3 Å². The molecule has 1 aromatic heterocycles. The quantitative estimate of drug-likeness (QED) is 0.505. The first-order valence-electron chi connectivity index (χ1n) is 10.2. The third-order valence-electron chi connectivity index (χ3n) is 6.11.